The Bertz CT molecular complexity index is 839. The van der Waals surface area contributed by atoms with Crippen molar-refractivity contribution in [3.8, 4) is 5.75 Å². The van der Waals surface area contributed by atoms with Crippen LogP contribution in [0.15, 0.2) is 59.6 Å². The second-order valence-electron chi connectivity index (χ2n) is 7.03. The molecule has 0 radical (unpaired) electrons. The summed E-state index contributed by atoms with van der Waals surface area (Å²) in [5.74, 6) is 1.71. The van der Waals surface area contributed by atoms with Crippen molar-refractivity contribution < 1.29 is 9.53 Å². The third kappa shape index (κ3) is 7.30. The average Bonchev–Trinajstić information content (AvgIpc) is 2.81. The van der Waals surface area contributed by atoms with Crippen molar-refractivity contribution in [2.75, 3.05) is 57.8 Å². The van der Waals surface area contributed by atoms with Crippen LogP contribution in [0.1, 0.15) is 17.3 Å². The summed E-state index contributed by atoms with van der Waals surface area (Å²) in [7, 11) is 1.69. The van der Waals surface area contributed by atoms with Crippen molar-refractivity contribution in [3.05, 3.63) is 60.2 Å². The molecule has 1 aliphatic rings. The Morgan fingerprint density at radius 3 is 2.45 bits per heavy atom. The Balaban J connectivity index is 0.00000341. The van der Waals surface area contributed by atoms with Gasteiger partial charge in [0.15, 0.2) is 5.96 Å². The summed E-state index contributed by atoms with van der Waals surface area (Å²) in [5.41, 5.74) is 1.85. The number of guanidine groups is 1. The van der Waals surface area contributed by atoms with E-state index in [-0.39, 0.29) is 29.9 Å². The van der Waals surface area contributed by atoms with E-state index in [1.807, 2.05) is 42.5 Å². The highest BCUT2D eigenvalue weighted by atomic mass is 127. The molecule has 1 saturated heterocycles. The van der Waals surface area contributed by atoms with Crippen LogP contribution in [0.4, 0.5) is 5.69 Å². The van der Waals surface area contributed by atoms with Gasteiger partial charge >= 0.3 is 0 Å². The number of nitrogens with one attached hydrogen (secondary N) is 2. The SMILES string of the molecule is CCNC(=NCCNC(=O)c1ccccc1)N1CCN(c2cccc(OC)c2)CC1.I. The van der Waals surface area contributed by atoms with Crippen molar-refractivity contribution in [2.24, 2.45) is 4.99 Å². The molecular formula is C23H32IN5O2. The molecule has 1 aliphatic heterocycles. The first kappa shape index (κ1) is 24.8. The number of rotatable bonds is 7. The van der Waals surface area contributed by atoms with Gasteiger partial charge in [-0.05, 0) is 31.2 Å². The fourth-order valence-electron chi connectivity index (χ4n) is 3.43. The Hall–Kier alpha value is -2.49. The summed E-state index contributed by atoms with van der Waals surface area (Å²) >= 11 is 0. The molecule has 2 N–H and O–H groups in total. The first-order valence-electron chi connectivity index (χ1n) is 10.5. The second kappa shape index (κ2) is 13.0. The highest BCUT2D eigenvalue weighted by Crippen LogP contribution is 2.22. The monoisotopic (exact) mass is 537 g/mol. The number of nitrogens with zero attached hydrogens (tertiary/aromatic N) is 3. The topological polar surface area (TPSA) is 69.2 Å². The van der Waals surface area contributed by atoms with E-state index in [2.05, 4.69) is 39.5 Å². The van der Waals surface area contributed by atoms with E-state index in [9.17, 15) is 4.79 Å². The molecule has 168 valence electrons. The summed E-state index contributed by atoms with van der Waals surface area (Å²) in [6, 6.07) is 17.4. The van der Waals surface area contributed by atoms with E-state index in [0.717, 1.165) is 44.4 Å². The molecule has 0 atom stereocenters. The minimum absolute atomic E-state index is 0. The summed E-state index contributed by atoms with van der Waals surface area (Å²) in [5, 5.41) is 6.30. The highest BCUT2D eigenvalue weighted by molar-refractivity contribution is 14.0. The van der Waals surface area contributed by atoms with Gasteiger partial charge in [0.1, 0.15) is 5.75 Å². The summed E-state index contributed by atoms with van der Waals surface area (Å²) in [6.45, 7) is 7.54. The zero-order chi connectivity index (χ0) is 21.2. The molecule has 0 saturated carbocycles. The van der Waals surface area contributed by atoms with Crippen molar-refractivity contribution >= 4 is 41.5 Å². The van der Waals surface area contributed by atoms with Gasteiger partial charge in [0, 0.05) is 56.6 Å². The van der Waals surface area contributed by atoms with Gasteiger partial charge in [-0.25, -0.2) is 0 Å². The lowest BCUT2D eigenvalue weighted by Gasteiger charge is -2.37. The molecule has 0 aromatic heterocycles. The molecule has 1 amide bonds. The maximum Gasteiger partial charge on any atom is 0.251 e. The smallest absolute Gasteiger partial charge is 0.251 e. The zero-order valence-corrected chi connectivity index (χ0v) is 20.5. The quantitative estimate of drug-likeness (QED) is 0.246. The number of hydrogen-bond donors (Lipinski definition) is 2. The first-order chi connectivity index (χ1) is 14.7. The van der Waals surface area contributed by atoms with Crippen molar-refractivity contribution in [3.63, 3.8) is 0 Å². The van der Waals surface area contributed by atoms with Gasteiger partial charge in [0.2, 0.25) is 0 Å². The van der Waals surface area contributed by atoms with Gasteiger partial charge in [-0.2, -0.15) is 0 Å². The maximum absolute atomic E-state index is 12.1. The lowest BCUT2D eigenvalue weighted by Crippen LogP contribution is -2.52. The Kier molecular flexibility index (Phi) is 10.4. The van der Waals surface area contributed by atoms with Crippen molar-refractivity contribution in [2.45, 2.75) is 6.92 Å². The summed E-state index contributed by atoms with van der Waals surface area (Å²) < 4.78 is 5.34. The molecule has 7 nitrogen and oxygen atoms in total. The van der Waals surface area contributed by atoms with Crippen LogP contribution in [0.25, 0.3) is 0 Å². The van der Waals surface area contributed by atoms with Crippen LogP contribution in [-0.2, 0) is 0 Å². The van der Waals surface area contributed by atoms with Gasteiger partial charge < -0.3 is 25.2 Å². The van der Waals surface area contributed by atoms with Gasteiger partial charge in [-0.1, -0.05) is 24.3 Å². The second-order valence-corrected chi connectivity index (χ2v) is 7.03. The number of ether oxygens (including phenoxy) is 1. The molecular weight excluding hydrogens is 505 g/mol. The van der Waals surface area contributed by atoms with E-state index in [0.29, 0.717) is 18.7 Å². The molecule has 0 bridgehead atoms. The third-order valence-corrected chi connectivity index (χ3v) is 5.03. The summed E-state index contributed by atoms with van der Waals surface area (Å²) in [6.07, 6.45) is 0. The predicted octanol–water partition coefficient (Wildman–Crippen LogP) is 2.83. The fourth-order valence-corrected chi connectivity index (χ4v) is 3.43. The molecule has 2 aromatic rings. The number of carbonyl (C=O) groups is 1. The number of methoxy groups -OCH3 is 1. The maximum atomic E-state index is 12.1. The molecule has 0 unspecified atom stereocenters. The van der Waals surface area contributed by atoms with Gasteiger partial charge in [0.25, 0.3) is 5.91 Å². The molecule has 31 heavy (non-hydrogen) atoms. The van der Waals surface area contributed by atoms with E-state index in [4.69, 9.17) is 9.73 Å². The number of benzene rings is 2. The zero-order valence-electron chi connectivity index (χ0n) is 18.2. The van der Waals surface area contributed by atoms with E-state index < -0.39 is 0 Å². The first-order valence-corrected chi connectivity index (χ1v) is 10.5. The number of piperazine rings is 1. The highest BCUT2D eigenvalue weighted by Gasteiger charge is 2.20. The molecule has 0 spiro atoms. The average molecular weight is 537 g/mol. The van der Waals surface area contributed by atoms with Crippen LogP contribution in [0, 0.1) is 0 Å². The fraction of sp³-hybridized carbons (Fsp3) is 0.391. The third-order valence-electron chi connectivity index (χ3n) is 5.03. The number of carbonyl (C=O) groups excluding carboxylic acids is 1. The van der Waals surface area contributed by atoms with Crippen LogP contribution < -0.4 is 20.3 Å². The van der Waals surface area contributed by atoms with Crippen molar-refractivity contribution in [1.82, 2.24) is 15.5 Å². The standard InChI is InChI=1S/C23H31N5O2.HI/c1-3-24-23(26-13-12-25-22(29)19-8-5-4-6-9-19)28-16-14-27(15-17-28)20-10-7-11-21(18-20)30-2;/h4-11,18H,3,12-17H2,1-2H3,(H,24,26)(H,25,29);1H. The lowest BCUT2D eigenvalue weighted by molar-refractivity contribution is 0.0955. The largest absolute Gasteiger partial charge is 0.497 e. The van der Waals surface area contributed by atoms with Crippen LogP contribution in [-0.4, -0.2) is 69.7 Å². The van der Waals surface area contributed by atoms with Crippen LogP contribution >= 0.6 is 24.0 Å². The number of hydrogen-bond acceptors (Lipinski definition) is 4. The van der Waals surface area contributed by atoms with Crippen LogP contribution in [0.5, 0.6) is 5.75 Å². The summed E-state index contributed by atoms with van der Waals surface area (Å²) in [4.78, 5) is 21.5. The number of anilines is 1. The number of halogens is 1. The van der Waals surface area contributed by atoms with Crippen LogP contribution in [0.2, 0.25) is 0 Å². The lowest BCUT2D eigenvalue weighted by atomic mass is 10.2. The normalized spacial score (nSPS) is 13.9. The number of aliphatic imine (C=N–C) groups is 1. The Morgan fingerprint density at radius 1 is 1.03 bits per heavy atom. The molecule has 0 aliphatic carbocycles. The molecule has 3 rings (SSSR count). The number of amides is 1. The molecule has 8 heteroatoms. The van der Waals surface area contributed by atoms with E-state index >= 15 is 0 Å². The van der Waals surface area contributed by atoms with Crippen molar-refractivity contribution in [1.29, 1.82) is 0 Å². The predicted molar refractivity (Wildman–Crippen MR) is 137 cm³/mol. The van der Waals surface area contributed by atoms with Gasteiger partial charge in [-0.15, -0.1) is 24.0 Å². The molecule has 1 fully saturated rings. The molecule has 2 aromatic carbocycles. The van der Waals surface area contributed by atoms with Gasteiger partial charge in [0.05, 0.1) is 13.7 Å². The Labute approximate surface area is 201 Å². The van der Waals surface area contributed by atoms with Gasteiger partial charge in [-0.3, -0.25) is 9.79 Å². The minimum atomic E-state index is -0.0669. The minimum Gasteiger partial charge on any atom is -0.497 e. The molecule has 1 heterocycles. The Morgan fingerprint density at radius 2 is 1.77 bits per heavy atom. The van der Waals surface area contributed by atoms with Crippen LogP contribution in [0.3, 0.4) is 0 Å². The van der Waals surface area contributed by atoms with E-state index in [1.54, 1.807) is 7.11 Å². The van der Waals surface area contributed by atoms with E-state index in [1.165, 1.54) is 5.69 Å².